The second kappa shape index (κ2) is 4.58. The van der Waals surface area contributed by atoms with E-state index in [9.17, 15) is 4.79 Å². The van der Waals surface area contributed by atoms with E-state index < -0.39 is 5.97 Å². The Morgan fingerprint density at radius 1 is 1.69 bits per heavy atom. The first-order chi connectivity index (χ1) is 6.09. The van der Waals surface area contributed by atoms with Crippen molar-refractivity contribution in [1.29, 1.82) is 0 Å². The van der Waals surface area contributed by atoms with Gasteiger partial charge >= 0.3 is 5.97 Å². The molecule has 0 aromatic carbocycles. The third-order valence-corrected chi connectivity index (χ3v) is 2.08. The van der Waals surface area contributed by atoms with Gasteiger partial charge in [0.2, 0.25) is 0 Å². The summed E-state index contributed by atoms with van der Waals surface area (Å²) in [5.74, 6) is -1.10. The summed E-state index contributed by atoms with van der Waals surface area (Å²) in [6.07, 6.45) is 0.806. The van der Waals surface area contributed by atoms with Crippen molar-refractivity contribution in [2.24, 2.45) is 5.92 Å². The first-order valence-corrected chi connectivity index (χ1v) is 4.55. The molecule has 76 valence electrons. The lowest BCUT2D eigenvalue weighted by atomic mass is 10.1. The minimum atomic E-state index is -0.766. The van der Waals surface area contributed by atoms with Crippen molar-refractivity contribution in [3.63, 3.8) is 0 Å². The zero-order chi connectivity index (χ0) is 9.84. The van der Waals surface area contributed by atoms with Gasteiger partial charge in [0, 0.05) is 0 Å². The van der Waals surface area contributed by atoms with Gasteiger partial charge in [-0.05, 0) is 13.3 Å². The summed E-state index contributed by atoms with van der Waals surface area (Å²) < 4.78 is 10.4. The summed E-state index contributed by atoms with van der Waals surface area (Å²) in [4.78, 5) is 10.5. The lowest BCUT2D eigenvalue weighted by Gasteiger charge is -2.14. The monoisotopic (exact) mass is 188 g/mol. The third-order valence-electron chi connectivity index (χ3n) is 2.08. The second-order valence-electron chi connectivity index (χ2n) is 3.57. The maximum atomic E-state index is 10.5. The molecule has 0 aliphatic carbocycles. The lowest BCUT2D eigenvalue weighted by molar-refractivity contribution is -0.142. The van der Waals surface area contributed by atoms with E-state index in [1.165, 1.54) is 0 Å². The van der Waals surface area contributed by atoms with Crippen LogP contribution >= 0.6 is 0 Å². The van der Waals surface area contributed by atoms with Crippen LogP contribution < -0.4 is 0 Å². The SMILES string of the molecule is CC(CC(C)C(=O)O)OCC1CO1. The predicted octanol–water partition coefficient (Wildman–Crippen LogP) is 0.901. The smallest absolute Gasteiger partial charge is 0.306 e. The number of hydrogen-bond acceptors (Lipinski definition) is 3. The Morgan fingerprint density at radius 3 is 2.77 bits per heavy atom. The lowest BCUT2D eigenvalue weighted by Crippen LogP contribution is -2.20. The molecule has 3 unspecified atom stereocenters. The Labute approximate surface area is 77.8 Å². The van der Waals surface area contributed by atoms with Crippen LogP contribution in [-0.2, 0) is 14.3 Å². The van der Waals surface area contributed by atoms with E-state index >= 15 is 0 Å². The number of hydrogen-bond donors (Lipinski definition) is 1. The summed E-state index contributed by atoms with van der Waals surface area (Å²) in [5, 5.41) is 8.64. The molecule has 0 aromatic rings. The second-order valence-corrected chi connectivity index (χ2v) is 3.57. The molecule has 0 spiro atoms. The highest BCUT2D eigenvalue weighted by atomic mass is 16.6. The fourth-order valence-corrected chi connectivity index (χ4v) is 1.10. The van der Waals surface area contributed by atoms with Crippen molar-refractivity contribution in [3.05, 3.63) is 0 Å². The van der Waals surface area contributed by atoms with Crippen molar-refractivity contribution >= 4 is 5.97 Å². The molecule has 1 saturated heterocycles. The van der Waals surface area contributed by atoms with Crippen LogP contribution in [0.4, 0.5) is 0 Å². The van der Waals surface area contributed by atoms with Crippen LogP contribution in [0.1, 0.15) is 20.3 Å². The Kier molecular flexibility index (Phi) is 3.69. The number of ether oxygens (including phenoxy) is 2. The zero-order valence-corrected chi connectivity index (χ0v) is 8.03. The van der Waals surface area contributed by atoms with Crippen molar-refractivity contribution in [2.45, 2.75) is 32.5 Å². The topological polar surface area (TPSA) is 59.1 Å². The van der Waals surface area contributed by atoms with Gasteiger partial charge in [0.1, 0.15) is 6.10 Å². The molecule has 0 amide bonds. The molecular weight excluding hydrogens is 172 g/mol. The van der Waals surface area contributed by atoms with Gasteiger partial charge in [0.05, 0.1) is 25.2 Å². The van der Waals surface area contributed by atoms with Crippen molar-refractivity contribution in [3.8, 4) is 0 Å². The fourth-order valence-electron chi connectivity index (χ4n) is 1.10. The average Bonchev–Trinajstić information content (AvgIpc) is 2.83. The molecule has 1 rings (SSSR count). The van der Waals surface area contributed by atoms with Crippen LogP contribution in [0.25, 0.3) is 0 Å². The van der Waals surface area contributed by atoms with Gasteiger partial charge in [0.25, 0.3) is 0 Å². The van der Waals surface area contributed by atoms with Crippen molar-refractivity contribution in [2.75, 3.05) is 13.2 Å². The molecular formula is C9H16O4. The summed E-state index contributed by atoms with van der Waals surface area (Å²) in [6.45, 7) is 4.95. The zero-order valence-electron chi connectivity index (χ0n) is 8.03. The van der Waals surface area contributed by atoms with E-state index in [1.807, 2.05) is 6.92 Å². The van der Waals surface area contributed by atoms with E-state index in [0.717, 1.165) is 6.61 Å². The summed E-state index contributed by atoms with van der Waals surface area (Å²) in [7, 11) is 0. The summed E-state index contributed by atoms with van der Waals surface area (Å²) in [6, 6.07) is 0. The molecule has 1 aliphatic rings. The predicted molar refractivity (Wildman–Crippen MR) is 46.6 cm³/mol. The third kappa shape index (κ3) is 4.24. The number of carbonyl (C=O) groups is 1. The Morgan fingerprint density at radius 2 is 2.31 bits per heavy atom. The number of rotatable bonds is 6. The maximum Gasteiger partial charge on any atom is 0.306 e. The molecule has 0 radical (unpaired) electrons. The van der Waals surface area contributed by atoms with E-state index in [4.69, 9.17) is 14.6 Å². The van der Waals surface area contributed by atoms with Gasteiger partial charge < -0.3 is 14.6 Å². The highest BCUT2D eigenvalue weighted by Crippen LogP contribution is 2.13. The first-order valence-electron chi connectivity index (χ1n) is 4.55. The van der Waals surface area contributed by atoms with E-state index in [0.29, 0.717) is 13.0 Å². The van der Waals surface area contributed by atoms with Gasteiger partial charge in [-0.25, -0.2) is 0 Å². The van der Waals surface area contributed by atoms with Crippen LogP contribution in [0.5, 0.6) is 0 Å². The molecule has 0 saturated carbocycles. The summed E-state index contributed by atoms with van der Waals surface area (Å²) >= 11 is 0. The van der Waals surface area contributed by atoms with Crippen LogP contribution in [-0.4, -0.2) is 36.5 Å². The maximum absolute atomic E-state index is 10.5. The van der Waals surface area contributed by atoms with Crippen molar-refractivity contribution < 1.29 is 19.4 Å². The minimum Gasteiger partial charge on any atom is -0.481 e. The van der Waals surface area contributed by atoms with Crippen LogP contribution in [0.15, 0.2) is 0 Å². The Hall–Kier alpha value is -0.610. The van der Waals surface area contributed by atoms with E-state index in [1.54, 1.807) is 6.92 Å². The van der Waals surface area contributed by atoms with Crippen LogP contribution in [0.3, 0.4) is 0 Å². The number of carboxylic acids is 1. The van der Waals surface area contributed by atoms with Crippen molar-refractivity contribution in [1.82, 2.24) is 0 Å². The largest absolute Gasteiger partial charge is 0.481 e. The summed E-state index contributed by atoms with van der Waals surface area (Å²) in [5.41, 5.74) is 0. The standard InChI is InChI=1S/C9H16O4/c1-6(9(10)11)3-7(2)12-4-8-5-13-8/h6-8H,3-5H2,1-2H3,(H,10,11). The fraction of sp³-hybridized carbons (Fsp3) is 0.889. The molecule has 1 heterocycles. The highest BCUT2D eigenvalue weighted by Gasteiger charge is 2.24. The van der Waals surface area contributed by atoms with Gasteiger partial charge in [-0.2, -0.15) is 0 Å². The Bertz CT molecular complexity index is 176. The van der Waals surface area contributed by atoms with Crippen LogP contribution in [0, 0.1) is 5.92 Å². The Balaban J connectivity index is 2.07. The molecule has 4 heteroatoms. The van der Waals surface area contributed by atoms with Gasteiger partial charge in [-0.3, -0.25) is 4.79 Å². The molecule has 4 nitrogen and oxygen atoms in total. The minimum absolute atomic E-state index is 0.00435. The molecule has 0 bridgehead atoms. The van der Waals surface area contributed by atoms with Gasteiger partial charge in [-0.1, -0.05) is 6.92 Å². The molecule has 1 N–H and O–H groups in total. The molecule has 13 heavy (non-hydrogen) atoms. The number of aliphatic carboxylic acids is 1. The van der Waals surface area contributed by atoms with Crippen LogP contribution in [0.2, 0.25) is 0 Å². The average molecular weight is 188 g/mol. The molecule has 1 fully saturated rings. The van der Waals surface area contributed by atoms with E-state index in [-0.39, 0.29) is 18.1 Å². The molecule has 1 aliphatic heterocycles. The highest BCUT2D eigenvalue weighted by molar-refractivity contribution is 5.69. The normalized spacial score (nSPS) is 25.2. The van der Waals surface area contributed by atoms with E-state index in [2.05, 4.69) is 0 Å². The number of carboxylic acid groups (broad SMARTS) is 1. The first kappa shape index (κ1) is 10.5. The molecule has 0 aromatic heterocycles. The number of epoxide rings is 1. The molecule has 3 atom stereocenters. The van der Waals surface area contributed by atoms with Gasteiger partial charge in [-0.15, -0.1) is 0 Å². The quantitative estimate of drug-likeness (QED) is 0.629. The van der Waals surface area contributed by atoms with Gasteiger partial charge in [0.15, 0.2) is 0 Å².